The van der Waals surface area contributed by atoms with Crippen LogP contribution in [0.5, 0.6) is 0 Å². The van der Waals surface area contributed by atoms with Crippen molar-refractivity contribution in [1.82, 2.24) is 0 Å². The molecule has 0 aliphatic heterocycles. The van der Waals surface area contributed by atoms with Crippen LogP contribution < -0.4 is 11.2 Å². The van der Waals surface area contributed by atoms with Gasteiger partial charge in [0.05, 0.1) is 3.79 Å². The summed E-state index contributed by atoms with van der Waals surface area (Å²) < 4.78 is 1.66. The Labute approximate surface area is 87.1 Å². The van der Waals surface area contributed by atoms with E-state index >= 15 is 0 Å². The number of benzene rings is 1. The average molecular weight is 256 g/mol. The van der Waals surface area contributed by atoms with E-state index in [9.17, 15) is 4.79 Å². The van der Waals surface area contributed by atoms with Crippen molar-refractivity contribution in [2.24, 2.45) is 0 Å². The van der Waals surface area contributed by atoms with Gasteiger partial charge in [0.1, 0.15) is 5.69 Å². The van der Waals surface area contributed by atoms with Gasteiger partial charge < -0.3 is 5.73 Å². The first kappa shape index (κ1) is 8.72. The minimum absolute atomic E-state index is 0.0961. The van der Waals surface area contributed by atoms with E-state index in [1.807, 2.05) is 18.2 Å². The Morgan fingerprint density at radius 2 is 2.00 bits per heavy atom. The zero-order valence-electron chi connectivity index (χ0n) is 6.58. The Hall–Kier alpha value is -0.870. The van der Waals surface area contributed by atoms with Gasteiger partial charge >= 0.3 is 0 Å². The van der Waals surface area contributed by atoms with Gasteiger partial charge in [0, 0.05) is 10.1 Å². The summed E-state index contributed by atoms with van der Waals surface area (Å²) in [6.07, 6.45) is 0. The highest BCUT2D eigenvalue weighted by Crippen LogP contribution is 2.27. The molecule has 0 saturated carbocycles. The van der Waals surface area contributed by atoms with Gasteiger partial charge in [0.15, 0.2) is 0 Å². The van der Waals surface area contributed by atoms with E-state index in [-0.39, 0.29) is 5.43 Å². The molecule has 0 atom stereocenters. The predicted molar refractivity (Wildman–Crippen MR) is 60.2 cm³/mol. The SMILES string of the molecule is Nc1c(Br)sc2ccccc2c1=O. The fourth-order valence-electron chi connectivity index (χ4n) is 1.13. The lowest BCUT2D eigenvalue weighted by Gasteiger charge is -1.99. The lowest BCUT2D eigenvalue weighted by molar-refractivity contribution is 1.67. The topological polar surface area (TPSA) is 43.1 Å². The maximum Gasteiger partial charge on any atom is 0.212 e. The number of anilines is 1. The van der Waals surface area contributed by atoms with Gasteiger partial charge in [0.2, 0.25) is 5.43 Å². The number of rotatable bonds is 0. The molecule has 2 rings (SSSR count). The summed E-state index contributed by atoms with van der Waals surface area (Å²) >= 11 is 4.73. The van der Waals surface area contributed by atoms with Crippen LogP contribution in [0, 0.1) is 0 Å². The lowest BCUT2D eigenvalue weighted by atomic mass is 10.2. The summed E-state index contributed by atoms with van der Waals surface area (Å²) in [5.41, 5.74) is 5.80. The summed E-state index contributed by atoms with van der Waals surface area (Å²) in [5.74, 6) is 0. The Kier molecular flexibility index (Phi) is 2.09. The summed E-state index contributed by atoms with van der Waals surface area (Å²) in [7, 11) is 0. The molecule has 1 heterocycles. The second-order valence-electron chi connectivity index (χ2n) is 2.61. The molecule has 2 nitrogen and oxygen atoms in total. The maximum absolute atomic E-state index is 11.6. The normalized spacial score (nSPS) is 10.5. The van der Waals surface area contributed by atoms with Gasteiger partial charge in [-0.3, -0.25) is 4.79 Å². The molecule has 0 unspecified atom stereocenters. The fourth-order valence-corrected chi connectivity index (χ4v) is 2.65. The van der Waals surface area contributed by atoms with Crippen molar-refractivity contribution in [2.75, 3.05) is 5.73 Å². The van der Waals surface area contributed by atoms with Crippen LogP contribution >= 0.6 is 27.3 Å². The molecule has 13 heavy (non-hydrogen) atoms. The van der Waals surface area contributed by atoms with Gasteiger partial charge in [-0.25, -0.2) is 0 Å². The van der Waals surface area contributed by atoms with Crippen LogP contribution in [0.1, 0.15) is 0 Å². The third-order valence-electron chi connectivity index (χ3n) is 1.79. The molecule has 0 radical (unpaired) electrons. The van der Waals surface area contributed by atoms with E-state index in [2.05, 4.69) is 15.9 Å². The third kappa shape index (κ3) is 1.36. The molecule has 0 aliphatic rings. The second-order valence-corrected chi connectivity index (χ2v) is 4.98. The molecule has 0 spiro atoms. The van der Waals surface area contributed by atoms with Crippen LogP contribution in [-0.2, 0) is 0 Å². The Morgan fingerprint density at radius 3 is 2.77 bits per heavy atom. The minimum Gasteiger partial charge on any atom is -0.394 e. The minimum atomic E-state index is -0.0961. The molecule has 0 amide bonds. The summed E-state index contributed by atoms with van der Waals surface area (Å²) in [5, 5.41) is 0.688. The van der Waals surface area contributed by atoms with Crippen molar-refractivity contribution < 1.29 is 0 Å². The molecule has 1 aromatic carbocycles. The van der Waals surface area contributed by atoms with Crippen molar-refractivity contribution in [2.45, 2.75) is 0 Å². The highest BCUT2D eigenvalue weighted by molar-refractivity contribution is 9.11. The maximum atomic E-state index is 11.6. The average Bonchev–Trinajstić information content (AvgIpc) is 2.15. The van der Waals surface area contributed by atoms with Crippen molar-refractivity contribution in [3.63, 3.8) is 0 Å². The zero-order chi connectivity index (χ0) is 9.42. The smallest absolute Gasteiger partial charge is 0.212 e. The van der Waals surface area contributed by atoms with E-state index in [0.717, 1.165) is 4.70 Å². The molecular formula is C9H6BrNOS. The molecule has 66 valence electrons. The van der Waals surface area contributed by atoms with Gasteiger partial charge in [-0.15, -0.1) is 11.3 Å². The molecule has 1 aromatic heterocycles. The van der Waals surface area contributed by atoms with Crippen molar-refractivity contribution >= 4 is 43.0 Å². The number of hydrogen-bond acceptors (Lipinski definition) is 3. The molecule has 0 fully saturated rings. The first-order chi connectivity index (χ1) is 6.20. The van der Waals surface area contributed by atoms with Crippen LogP contribution in [0.4, 0.5) is 5.69 Å². The van der Waals surface area contributed by atoms with Gasteiger partial charge in [-0.2, -0.15) is 0 Å². The Balaban J connectivity index is 3.03. The summed E-state index contributed by atoms with van der Waals surface area (Å²) in [4.78, 5) is 11.6. The van der Waals surface area contributed by atoms with Crippen molar-refractivity contribution in [3.05, 3.63) is 38.3 Å². The standard InChI is InChI=1S/C9H6BrNOS/c10-9-7(11)8(12)5-3-1-2-4-6(5)13-9/h1-4H,11H2. The highest BCUT2D eigenvalue weighted by Gasteiger charge is 2.05. The monoisotopic (exact) mass is 255 g/mol. The van der Waals surface area contributed by atoms with Crippen LogP contribution in [-0.4, -0.2) is 0 Å². The van der Waals surface area contributed by atoms with Crippen LogP contribution in [0.15, 0.2) is 32.8 Å². The van der Waals surface area contributed by atoms with E-state index in [0.29, 0.717) is 14.9 Å². The number of nitrogens with two attached hydrogens (primary N) is 1. The number of nitrogen functional groups attached to an aromatic ring is 1. The number of hydrogen-bond donors (Lipinski definition) is 1. The Bertz CT molecular complexity index is 520. The molecule has 0 bridgehead atoms. The molecule has 4 heteroatoms. The zero-order valence-corrected chi connectivity index (χ0v) is 8.98. The quantitative estimate of drug-likeness (QED) is 0.787. The van der Waals surface area contributed by atoms with E-state index in [4.69, 9.17) is 5.73 Å². The molecule has 0 aliphatic carbocycles. The summed E-state index contributed by atoms with van der Waals surface area (Å²) in [6.45, 7) is 0. The first-order valence-electron chi connectivity index (χ1n) is 3.67. The van der Waals surface area contributed by atoms with E-state index in [1.165, 1.54) is 11.3 Å². The van der Waals surface area contributed by atoms with Crippen molar-refractivity contribution in [1.29, 1.82) is 0 Å². The molecular weight excluding hydrogens is 250 g/mol. The van der Waals surface area contributed by atoms with Gasteiger partial charge in [-0.05, 0) is 28.1 Å². The predicted octanol–water partition coefficient (Wildman–Crippen LogP) is 2.61. The van der Waals surface area contributed by atoms with Gasteiger partial charge in [0.25, 0.3) is 0 Å². The van der Waals surface area contributed by atoms with Crippen molar-refractivity contribution in [3.8, 4) is 0 Å². The summed E-state index contributed by atoms with van der Waals surface area (Å²) in [6, 6.07) is 7.44. The second kappa shape index (κ2) is 3.12. The third-order valence-corrected chi connectivity index (χ3v) is 3.68. The fraction of sp³-hybridized carbons (Fsp3) is 0. The lowest BCUT2D eigenvalue weighted by Crippen LogP contribution is -2.07. The van der Waals surface area contributed by atoms with E-state index in [1.54, 1.807) is 6.07 Å². The number of halogens is 1. The largest absolute Gasteiger partial charge is 0.394 e. The van der Waals surface area contributed by atoms with Gasteiger partial charge in [-0.1, -0.05) is 12.1 Å². The highest BCUT2D eigenvalue weighted by atomic mass is 79.9. The molecule has 0 saturated heterocycles. The van der Waals surface area contributed by atoms with E-state index < -0.39 is 0 Å². The first-order valence-corrected chi connectivity index (χ1v) is 5.28. The van der Waals surface area contributed by atoms with Crippen LogP contribution in [0.25, 0.3) is 10.1 Å². The molecule has 2 aromatic rings. The number of fused-ring (bicyclic) bond motifs is 1. The molecule has 2 N–H and O–H groups in total. The van der Waals surface area contributed by atoms with Crippen LogP contribution in [0.3, 0.4) is 0 Å². The Morgan fingerprint density at radius 1 is 1.31 bits per heavy atom. The van der Waals surface area contributed by atoms with Crippen LogP contribution in [0.2, 0.25) is 0 Å².